The van der Waals surface area contributed by atoms with E-state index in [1.54, 1.807) is 0 Å². The number of amides is 2. The Kier molecular flexibility index (Phi) is 7.04. The second-order valence-corrected chi connectivity index (χ2v) is 11.2. The van der Waals surface area contributed by atoms with Crippen LogP contribution in [0.2, 0.25) is 0 Å². The molecule has 0 aromatic rings. The molecule has 3 rings (SSSR count). The third-order valence-corrected chi connectivity index (χ3v) is 9.55. The fourth-order valence-electron chi connectivity index (χ4n) is 4.12. The van der Waals surface area contributed by atoms with Crippen LogP contribution in [0.25, 0.3) is 0 Å². The quantitative estimate of drug-likeness (QED) is 0.493. The largest absolute Gasteiger partial charge is 0.343 e. The summed E-state index contributed by atoms with van der Waals surface area (Å²) in [4.78, 5) is 24.0. The van der Waals surface area contributed by atoms with Crippen molar-refractivity contribution in [1.29, 1.82) is 0 Å². The van der Waals surface area contributed by atoms with Crippen molar-refractivity contribution in [2.75, 3.05) is 18.8 Å². The number of hydrogen-bond acceptors (Lipinski definition) is 7. The van der Waals surface area contributed by atoms with Gasteiger partial charge < -0.3 is 16.0 Å². The van der Waals surface area contributed by atoms with Crippen molar-refractivity contribution in [1.82, 2.24) is 21.3 Å². The molecule has 27 heavy (non-hydrogen) atoms. The summed E-state index contributed by atoms with van der Waals surface area (Å²) >= 11 is 1.52. The van der Waals surface area contributed by atoms with E-state index in [1.165, 1.54) is 18.7 Å². The van der Waals surface area contributed by atoms with E-state index in [0.29, 0.717) is 32.2 Å². The SMILES string of the molecule is CC(=O)NC1CC(C(=O)NC2SCCC2S(=O)(=O)C2CCCCN2)CCN1. The number of rotatable bonds is 5. The first-order valence-electron chi connectivity index (χ1n) is 9.76. The van der Waals surface area contributed by atoms with Gasteiger partial charge in [-0.15, -0.1) is 11.8 Å². The van der Waals surface area contributed by atoms with Gasteiger partial charge in [-0.3, -0.25) is 14.9 Å². The number of nitrogens with one attached hydrogen (secondary N) is 4. The Bertz CT molecular complexity index is 651. The van der Waals surface area contributed by atoms with E-state index in [-0.39, 0.29) is 29.3 Å². The van der Waals surface area contributed by atoms with E-state index in [9.17, 15) is 18.0 Å². The Hall–Kier alpha value is -0.840. The van der Waals surface area contributed by atoms with Crippen molar-refractivity contribution in [3.8, 4) is 0 Å². The van der Waals surface area contributed by atoms with Gasteiger partial charge in [-0.2, -0.15) is 0 Å². The summed E-state index contributed by atoms with van der Waals surface area (Å²) in [6, 6.07) is 0. The van der Waals surface area contributed by atoms with E-state index in [2.05, 4.69) is 21.3 Å². The molecular formula is C17H30N4O4S2. The third-order valence-electron chi connectivity index (χ3n) is 5.56. The highest BCUT2D eigenvalue weighted by molar-refractivity contribution is 8.02. The molecule has 2 amide bonds. The molecule has 3 aliphatic rings. The Morgan fingerprint density at radius 2 is 1.85 bits per heavy atom. The van der Waals surface area contributed by atoms with Crippen molar-refractivity contribution >= 4 is 33.4 Å². The van der Waals surface area contributed by atoms with E-state index in [4.69, 9.17) is 0 Å². The van der Waals surface area contributed by atoms with Gasteiger partial charge in [-0.25, -0.2) is 8.42 Å². The molecule has 5 atom stereocenters. The molecule has 3 fully saturated rings. The van der Waals surface area contributed by atoms with Crippen LogP contribution in [0.1, 0.15) is 45.4 Å². The molecule has 0 radical (unpaired) electrons. The van der Waals surface area contributed by atoms with E-state index in [1.807, 2.05) is 0 Å². The lowest BCUT2D eigenvalue weighted by molar-refractivity contribution is -0.127. The summed E-state index contributed by atoms with van der Waals surface area (Å²) in [5, 5.41) is 10.7. The minimum absolute atomic E-state index is 0.108. The van der Waals surface area contributed by atoms with Crippen molar-refractivity contribution in [3.63, 3.8) is 0 Å². The molecule has 154 valence electrons. The summed E-state index contributed by atoms with van der Waals surface area (Å²) < 4.78 is 26.1. The number of hydrogen-bond donors (Lipinski definition) is 4. The Balaban J connectivity index is 1.60. The first-order chi connectivity index (χ1) is 12.9. The number of sulfone groups is 1. The van der Waals surface area contributed by atoms with E-state index < -0.39 is 20.5 Å². The number of carbonyl (C=O) groups is 2. The highest BCUT2D eigenvalue weighted by Gasteiger charge is 2.44. The van der Waals surface area contributed by atoms with Crippen molar-refractivity contribution in [2.24, 2.45) is 5.92 Å². The maximum atomic E-state index is 13.0. The molecule has 8 nitrogen and oxygen atoms in total. The lowest BCUT2D eigenvalue weighted by Gasteiger charge is -2.32. The van der Waals surface area contributed by atoms with Gasteiger partial charge in [0, 0.05) is 12.8 Å². The molecule has 3 aliphatic heterocycles. The van der Waals surface area contributed by atoms with E-state index in [0.717, 1.165) is 25.1 Å². The zero-order valence-corrected chi connectivity index (χ0v) is 17.3. The average molecular weight is 419 g/mol. The van der Waals surface area contributed by atoms with Crippen LogP contribution in [0.3, 0.4) is 0 Å². The molecule has 0 spiro atoms. The fraction of sp³-hybridized carbons (Fsp3) is 0.882. The number of carbonyl (C=O) groups excluding carboxylic acids is 2. The van der Waals surface area contributed by atoms with Gasteiger partial charge in [0.05, 0.1) is 16.8 Å². The van der Waals surface area contributed by atoms with Gasteiger partial charge in [0.2, 0.25) is 11.8 Å². The maximum Gasteiger partial charge on any atom is 0.224 e. The normalized spacial score (nSPS) is 34.8. The predicted molar refractivity (Wildman–Crippen MR) is 106 cm³/mol. The predicted octanol–water partition coefficient (Wildman–Crippen LogP) is -0.0896. The van der Waals surface area contributed by atoms with Gasteiger partial charge in [-0.1, -0.05) is 0 Å². The minimum Gasteiger partial charge on any atom is -0.343 e. The molecule has 0 saturated carbocycles. The van der Waals surface area contributed by atoms with Crippen molar-refractivity contribution in [2.45, 2.75) is 67.6 Å². The molecule has 3 saturated heterocycles. The van der Waals surface area contributed by atoms with Gasteiger partial charge in [-0.05, 0) is 57.4 Å². The summed E-state index contributed by atoms with van der Waals surface area (Å²) in [6.07, 6.45) is 4.15. The van der Waals surface area contributed by atoms with Gasteiger partial charge in [0.1, 0.15) is 5.37 Å². The lowest BCUT2D eigenvalue weighted by atomic mass is 9.95. The van der Waals surface area contributed by atoms with Crippen LogP contribution in [0.5, 0.6) is 0 Å². The van der Waals surface area contributed by atoms with Crippen LogP contribution in [0.4, 0.5) is 0 Å². The highest BCUT2D eigenvalue weighted by Crippen LogP contribution is 2.33. The molecule has 0 aliphatic carbocycles. The molecule has 3 heterocycles. The van der Waals surface area contributed by atoms with Crippen LogP contribution >= 0.6 is 11.8 Å². The molecule has 4 N–H and O–H groups in total. The Morgan fingerprint density at radius 3 is 2.56 bits per heavy atom. The highest BCUT2D eigenvalue weighted by atomic mass is 32.2. The van der Waals surface area contributed by atoms with E-state index >= 15 is 0 Å². The topological polar surface area (TPSA) is 116 Å². The fourth-order valence-corrected chi connectivity index (χ4v) is 8.29. The van der Waals surface area contributed by atoms with Crippen molar-refractivity contribution in [3.05, 3.63) is 0 Å². The minimum atomic E-state index is -3.33. The van der Waals surface area contributed by atoms with Crippen LogP contribution in [0, 0.1) is 5.92 Å². The molecular weight excluding hydrogens is 388 g/mol. The number of thioether (sulfide) groups is 1. The second kappa shape index (κ2) is 9.11. The Labute approximate surface area is 165 Å². The van der Waals surface area contributed by atoms with Crippen LogP contribution in [-0.4, -0.2) is 61.2 Å². The maximum absolute atomic E-state index is 13.0. The van der Waals surface area contributed by atoms with Crippen LogP contribution in [-0.2, 0) is 19.4 Å². The Morgan fingerprint density at radius 1 is 1.04 bits per heavy atom. The monoisotopic (exact) mass is 418 g/mol. The first kappa shape index (κ1) is 20.9. The van der Waals surface area contributed by atoms with Crippen molar-refractivity contribution < 1.29 is 18.0 Å². The average Bonchev–Trinajstić information content (AvgIpc) is 3.11. The molecule has 0 aromatic carbocycles. The standard InChI is InChI=1S/C17H30N4O4S2/c1-11(22)20-14-10-12(5-8-18-14)16(23)21-17-13(6-9-26-17)27(24,25)15-4-2-3-7-19-15/h12-15,17-19H,2-10H2,1H3,(H,20,22)(H,21,23). The zero-order valence-electron chi connectivity index (χ0n) is 15.7. The molecule has 5 unspecified atom stereocenters. The first-order valence-corrected chi connectivity index (χ1v) is 12.4. The smallest absolute Gasteiger partial charge is 0.224 e. The van der Waals surface area contributed by atoms with Gasteiger partial charge >= 0.3 is 0 Å². The third kappa shape index (κ3) is 5.16. The lowest BCUT2D eigenvalue weighted by Crippen LogP contribution is -2.54. The zero-order chi connectivity index (χ0) is 19.4. The second-order valence-electron chi connectivity index (χ2n) is 7.58. The summed E-state index contributed by atoms with van der Waals surface area (Å²) in [6.45, 7) is 2.84. The van der Waals surface area contributed by atoms with Gasteiger partial charge in [0.25, 0.3) is 0 Å². The summed E-state index contributed by atoms with van der Waals surface area (Å²) in [5.74, 6) is 0.275. The summed E-state index contributed by atoms with van der Waals surface area (Å²) in [7, 11) is -3.33. The molecule has 0 aromatic heterocycles. The van der Waals surface area contributed by atoms with Gasteiger partial charge in [0.15, 0.2) is 9.84 Å². The van der Waals surface area contributed by atoms with Crippen LogP contribution in [0.15, 0.2) is 0 Å². The molecule has 0 bridgehead atoms. The number of piperidine rings is 2. The van der Waals surface area contributed by atoms with Crippen LogP contribution < -0.4 is 21.3 Å². The molecule has 10 heteroatoms. The summed E-state index contributed by atoms with van der Waals surface area (Å²) in [5.41, 5.74) is 0.